The van der Waals surface area contributed by atoms with Gasteiger partial charge in [0.15, 0.2) is 5.13 Å². The van der Waals surface area contributed by atoms with Gasteiger partial charge in [0, 0.05) is 24.5 Å². The molecule has 1 aromatic carbocycles. The number of anilines is 2. The van der Waals surface area contributed by atoms with Crippen LogP contribution >= 0.6 is 11.3 Å². The van der Waals surface area contributed by atoms with Crippen molar-refractivity contribution in [1.82, 2.24) is 9.97 Å². The zero-order valence-corrected chi connectivity index (χ0v) is 18.0. The normalized spacial score (nSPS) is 14.2. The third-order valence-corrected chi connectivity index (χ3v) is 6.14. The number of carbonyl (C=O) groups is 2. The van der Waals surface area contributed by atoms with Gasteiger partial charge in [0.05, 0.1) is 35.6 Å². The van der Waals surface area contributed by atoms with Crippen molar-refractivity contribution in [3.05, 3.63) is 40.7 Å². The van der Waals surface area contributed by atoms with E-state index in [-0.39, 0.29) is 12.5 Å². The molecule has 158 valence electrons. The van der Waals surface area contributed by atoms with Gasteiger partial charge in [0.25, 0.3) is 5.91 Å². The van der Waals surface area contributed by atoms with Crippen molar-refractivity contribution in [2.24, 2.45) is 0 Å². The number of nitrogens with one attached hydrogen (secondary N) is 2. The number of benzene rings is 1. The third kappa shape index (κ3) is 3.90. The number of carbonyl (C=O) groups excluding carboxylic acids is 2. The largest absolute Gasteiger partial charge is 0.462 e. The lowest BCUT2D eigenvalue weighted by atomic mass is 10.1. The van der Waals surface area contributed by atoms with Crippen molar-refractivity contribution < 1.29 is 19.1 Å². The van der Waals surface area contributed by atoms with Gasteiger partial charge < -0.3 is 24.7 Å². The lowest BCUT2D eigenvalue weighted by Crippen LogP contribution is -2.36. The smallest absolute Gasteiger partial charge is 0.340 e. The van der Waals surface area contributed by atoms with Crippen molar-refractivity contribution in [1.29, 1.82) is 0 Å². The van der Waals surface area contributed by atoms with E-state index in [0.717, 1.165) is 28.4 Å². The van der Waals surface area contributed by atoms with Gasteiger partial charge in [-0.05, 0) is 44.5 Å². The second-order valence-electron chi connectivity index (χ2n) is 7.08. The van der Waals surface area contributed by atoms with Crippen molar-refractivity contribution in [2.75, 3.05) is 43.1 Å². The first-order valence-electron chi connectivity index (χ1n) is 9.89. The summed E-state index contributed by atoms with van der Waals surface area (Å²) in [7, 11) is 0. The standard InChI is InChI=1S/C21H24N4O4S/c1-4-29-20(27)17-12(2)18(22-13(17)3)19(26)23-14-5-6-15-16(11-14)30-21(24-15)25-7-9-28-10-8-25/h5-6,11,22H,4,7-10H2,1-3H3,(H,23,26). The molecule has 1 saturated heterocycles. The number of morpholine rings is 1. The minimum absolute atomic E-state index is 0.283. The SMILES string of the molecule is CCOC(=O)c1c(C)[nH]c(C(=O)Nc2ccc3nc(N4CCOCC4)sc3c2)c1C. The third-order valence-electron chi connectivity index (χ3n) is 5.06. The monoisotopic (exact) mass is 428 g/mol. The van der Waals surface area contributed by atoms with Crippen LogP contribution in [0.2, 0.25) is 0 Å². The van der Waals surface area contributed by atoms with E-state index in [1.165, 1.54) is 0 Å². The topological polar surface area (TPSA) is 96.5 Å². The Morgan fingerprint density at radius 1 is 1.30 bits per heavy atom. The van der Waals surface area contributed by atoms with E-state index in [4.69, 9.17) is 14.5 Å². The highest BCUT2D eigenvalue weighted by atomic mass is 32.1. The number of hydrogen-bond acceptors (Lipinski definition) is 7. The Kier molecular flexibility index (Phi) is 5.74. The Morgan fingerprint density at radius 3 is 2.80 bits per heavy atom. The average Bonchev–Trinajstić information content (AvgIpc) is 3.29. The van der Waals surface area contributed by atoms with Crippen molar-refractivity contribution in [3.8, 4) is 0 Å². The fraction of sp³-hybridized carbons (Fsp3) is 0.381. The summed E-state index contributed by atoms with van der Waals surface area (Å²) >= 11 is 1.60. The van der Waals surface area contributed by atoms with Crippen LogP contribution in [-0.4, -0.2) is 54.8 Å². The second kappa shape index (κ2) is 8.45. The number of aromatic nitrogens is 2. The van der Waals surface area contributed by atoms with Crippen LogP contribution in [0.15, 0.2) is 18.2 Å². The summed E-state index contributed by atoms with van der Waals surface area (Å²) < 4.78 is 11.5. The molecule has 1 aliphatic rings. The molecule has 1 amide bonds. The molecule has 0 aliphatic carbocycles. The lowest BCUT2D eigenvalue weighted by Gasteiger charge is -2.25. The van der Waals surface area contributed by atoms with Crippen LogP contribution in [0.25, 0.3) is 10.2 Å². The predicted octanol–water partition coefficient (Wildman–Crippen LogP) is 3.51. The van der Waals surface area contributed by atoms with Gasteiger partial charge in [-0.1, -0.05) is 11.3 Å². The number of esters is 1. The molecule has 3 aromatic rings. The molecule has 2 N–H and O–H groups in total. The Morgan fingerprint density at radius 2 is 2.07 bits per heavy atom. The minimum atomic E-state index is -0.426. The summed E-state index contributed by atoms with van der Waals surface area (Å²) in [6, 6.07) is 5.66. The van der Waals surface area contributed by atoms with Gasteiger partial charge in [-0.25, -0.2) is 9.78 Å². The van der Waals surface area contributed by atoms with Crippen molar-refractivity contribution in [2.45, 2.75) is 20.8 Å². The molecule has 0 atom stereocenters. The summed E-state index contributed by atoms with van der Waals surface area (Å²) in [5, 5.41) is 3.88. The van der Waals surface area contributed by atoms with Gasteiger partial charge in [0.2, 0.25) is 0 Å². The highest BCUT2D eigenvalue weighted by Gasteiger charge is 2.23. The summed E-state index contributed by atoms with van der Waals surface area (Å²) in [6.07, 6.45) is 0. The van der Waals surface area contributed by atoms with Crippen LogP contribution in [0.3, 0.4) is 0 Å². The minimum Gasteiger partial charge on any atom is -0.462 e. The van der Waals surface area contributed by atoms with Crippen molar-refractivity contribution in [3.63, 3.8) is 0 Å². The molecule has 30 heavy (non-hydrogen) atoms. The fourth-order valence-corrected chi connectivity index (χ4v) is 4.62. The Hall–Kier alpha value is -2.91. The first kappa shape index (κ1) is 20.4. The maximum absolute atomic E-state index is 12.8. The first-order valence-corrected chi connectivity index (χ1v) is 10.7. The first-order chi connectivity index (χ1) is 14.5. The van der Waals surface area contributed by atoms with E-state index in [1.54, 1.807) is 32.1 Å². The molecule has 0 radical (unpaired) electrons. The zero-order valence-electron chi connectivity index (χ0n) is 17.2. The van der Waals surface area contributed by atoms with E-state index in [1.807, 2.05) is 18.2 Å². The fourth-order valence-electron chi connectivity index (χ4n) is 3.56. The number of aromatic amines is 1. The number of H-pyrrole nitrogens is 1. The maximum atomic E-state index is 12.8. The van der Waals surface area contributed by atoms with Gasteiger partial charge >= 0.3 is 5.97 Å². The number of thiazole rings is 1. The van der Waals surface area contributed by atoms with Crippen molar-refractivity contribution >= 4 is 44.2 Å². The molecular formula is C21H24N4O4S. The number of fused-ring (bicyclic) bond motifs is 1. The Bertz CT molecular complexity index is 1100. The molecule has 2 aromatic heterocycles. The van der Waals surface area contributed by atoms with Crippen LogP contribution in [-0.2, 0) is 9.47 Å². The molecular weight excluding hydrogens is 404 g/mol. The number of ether oxygens (including phenoxy) is 2. The summed E-state index contributed by atoms with van der Waals surface area (Å²) in [6.45, 7) is 8.61. The summed E-state index contributed by atoms with van der Waals surface area (Å²) in [4.78, 5) is 34.9. The Labute approximate surface area is 178 Å². The molecule has 4 rings (SSSR count). The van der Waals surface area contributed by atoms with Crippen LogP contribution in [0.5, 0.6) is 0 Å². The van der Waals surface area contributed by atoms with Crippen LogP contribution in [0.1, 0.15) is 39.0 Å². The maximum Gasteiger partial charge on any atom is 0.340 e. The average molecular weight is 429 g/mol. The van der Waals surface area contributed by atoms with E-state index >= 15 is 0 Å². The molecule has 0 bridgehead atoms. The molecule has 1 aliphatic heterocycles. The highest BCUT2D eigenvalue weighted by Crippen LogP contribution is 2.31. The van der Waals surface area contributed by atoms with E-state index in [0.29, 0.717) is 41.4 Å². The molecule has 8 nitrogen and oxygen atoms in total. The molecule has 1 fully saturated rings. The van der Waals surface area contributed by atoms with Crippen LogP contribution in [0, 0.1) is 13.8 Å². The second-order valence-corrected chi connectivity index (χ2v) is 8.09. The van der Waals surface area contributed by atoms with Gasteiger partial charge in [-0.3, -0.25) is 4.79 Å². The lowest BCUT2D eigenvalue weighted by molar-refractivity contribution is 0.0525. The molecule has 0 spiro atoms. The predicted molar refractivity (Wildman–Crippen MR) is 117 cm³/mol. The number of rotatable bonds is 5. The number of nitrogens with zero attached hydrogens (tertiary/aromatic N) is 2. The number of amides is 1. The summed E-state index contributed by atoms with van der Waals surface area (Å²) in [5.41, 5.74) is 3.54. The molecule has 0 saturated carbocycles. The quantitative estimate of drug-likeness (QED) is 0.604. The van der Waals surface area contributed by atoms with Gasteiger partial charge in [0.1, 0.15) is 5.69 Å². The molecule has 3 heterocycles. The van der Waals surface area contributed by atoms with Gasteiger partial charge in [-0.2, -0.15) is 0 Å². The number of aryl methyl sites for hydroxylation is 1. The van der Waals surface area contributed by atoms with E-state index < -0.39 is 5.97 Å². The van der Waals surface area contributed by atoms with Crippen LogP contribution < -0.4 is 10.2 Å². The summed E-state index contributed by atoms with van der Waals surface area (Å²) in [5.74, 6) is -0.729. The Balaban J connectivity index is 1.54. The number of hydrogen-bond donors (Lipinski definition) is 2. The van der Waals surface area contributed by atoms with Gasteiger partial charge in [-0.15, -0.1) is 0 Å². The molecule has 9 heteroatoms. The zero-order chi connectivity index (χ0) is 21.3. The highest BCUT2D eigenvalue weighted by molar-refractivity contribution is 7.22. The van der Waals surface area contributed by atoms with E-state index in [2.05, 4.69) is 15.2 Å². The van der Waals surface area contributed by atoms with E-state index in [9.17, 15) is 9.59 Å². The van der Waals surface area contributed by atoms with Crippen LogP contribution in [0.4, 0.5) is 10.8 Å². The molecule has 0 unspecified atom stereocenters.